The van der Waals surface area contributed by atoms with Crippen molar-refractivity contribution >= 4 is 39.9 Å². The molecule has 0 spiro atoms. The summed E-state index contributed by atoms with van der Waals surface area (Å²) in [7, 11) is 1.55. The molecule has 128 valence electrons. The number of methoxy groups -OCH3 is 1. The number of ether oxygens (including phenoxy) is 1. The van der Waals surface area contributed by atoms with Crippen molar-refractivity contribution in [3.05, 3.63) is 34.8 Å². The van der Waals surface area contributed by atoms with Crippen LogP contribution in [0, 0.1) is 0 Å². The first-order chi connectivity index (χ1) is 11.6. The third kappa shape index (κ3) is 5.47. The summed E-state index contributed by atoms with van der Waals surface area (Å²) in [6, 6.07) is 6.92. The maximum Gasteiger partial charge on any atom is 0.251 e. The smallest absolute Gasteiger partial charge is 0.251 e. The van der Waals surface area contributed by atoms with Crippen molar-refractivity contribution in [3.8, 4) is 5.75 Å². The van der Waals surface area contributed by atoms with Crippen LogP contribution in [0.4, 0.5) is 5.13 Å². The van der Waals surface area contributed by atoms with Crippen molar-refractivity contribution in [1.29, 1.82) is 0 Å². The van der Waals surface area contributed by atoms with Gasteiger partial charge in [-0.1, -0.05) is 17.4 Å². The highest BCUT2D eigenvalue weighted by Crippen LogP contribution is 2.16. The van der Waals surface area contributed by atoms with Crippen LogP contribution in [0.25, 0.3) is 0 Å². The van der Waals surface area contributed by atoms with E-state index in [4.69, 9.17) is 16.3 Å². The number of amides is 2. The molecule has 0 aliphatic heterocycles. The second kappa shape index (κ2) is 9.19. The van der Waals surface area contributed by atoms with Crippen LogP contribution < -0.4 is 15.4 Å². The average Bonchev–Trinajstić information content (AvgIpc) is 3.02. The molecule has 1 aromatic heterocycles. The van der Waals surface area contributed by atoms with Crippen LogP contribution in [0.2, 0.25) is 0 Å². The first kappa shape index (κ1) is 18.2. The lowest BCUT2D eigenvalue weighted by molar-refractivity contribution is -0.115. The van der Waals surface area contributed by atoms with Gasteiger partial charge >= 0.3 is 0 Å². The zero-order valence-electron chi connectivity index (χ0n) is 13.0. The summed E-state index contributed by atoms with van der Waals surface area (Å²) in [5, 5.41) is 14.4. The van der Waals surface area contributed by atoms with E-state index < -0.39 is 0 Å². The number of halogens is 1. The van der Waals surface area contributed by atoms with Gasteiger partial charge in [0.2, 0.25) is 11.0 Å². The molecule has 0 unspecified atom stereocenters. The summed E-state index contributed by atoms with van der Waals surface area (Å²) >= 11 is 6.77. The van der Waals surface area contributed by atoms with Crippen LogP contribution in [0.1, 0.15) is 21.8 Å². The van der Waals surface area contributed by atoms with Crippen molar-refractivity contribution in [2.45, 2.75) is 12.8 Å². The van der Waals surface area contributed by atoms with Crippen molar-refractivity contribution in [1.82, 2.24) is 15.5 Å². The molecule has 9 heteroatoms. The maximum absolute atomic E-state index is 12.1. The molecule has 0 radical (unpaired) electrons. The van der Waals surface area contributed by atoms with E-state index >= 15 is 0 Å². The Morgan fingerprint density at radius 3 is 2.92 bits per heavy atom. The number of benzene rings is 1. The van der Waals surface area contributed by atoms with Gasteiger partial charge in [0, 0.05) is 30.8 Å². The number of nitrogens with one attached hydrogen (secondary N) is 2. The molecule has 0 atom stereocenters. The van der Waals surface area contributed by atoms with Crippen molar-refractivity contribution in [2.75, 3.05) is 24.9 Å². The van der Waals surface area contributed by atoms with Crippen LogP contribution in [0.3, 0.4) is 0 Å². The third-order valence-corrected chi connectivity index (χ3v) is 4.08. The topological polar surface area (TPSA) is 93.2 Å². The molecular weight excluding hydrogens is 352 g/mol. The van der Waals surface area contributed by atoms with Crippen molar-refractivity contribution < 1.29 is 14.3 Å². The molecule has 2 rings (SSSR count). The fourth-order valence-electron chi connectivity index (χ4n) is 1.82. The molecule has 0 saturated carbocycles. The standard InChI is InChI=1S/C15H17ClN4O3S/c1-23-11-4-2-3-10(9-11)14(22)17-8-6-13-19-20-15(24-13)18-12(21)5-7-16/h2-4,9H,5-8H2,1H3,(H,17,22)(H,18,20,21). The van der Waals surface area contributed by atoms with E-state index in [1.165, 1.54) is 11.3 Å². The van der Waals surface area contributed by atoms with E-state index in [9.17, 15) is 9.59 Å². The molecule has 0 aliphatic rings. The fourth-order valence-corrected chi connectivity index (χ4v) is 2.75. The van der Waals surface area contributed by atoms with E-state index in [-0.39, 0.29) is 24.1 Å². The van der Waals surface area contributed by atoms with Gasteiger partial charge in [-0.3, -0.25) is 9.59 Å². The molecule has 0 bridgehead atoms. The zero-order chi connectivity index (χ0) is 17.4. The molecule has 0 saturated heterocycles. The highest BCUT2D eigenvalue weighted by atomic mass is 35.5. The minimum absolute atomic E-state index is 0.186. The normalized spacial score (nSPS) is 10.2. The molecule has 0 aliphatic carbocycles. The van der Waals surface area contributed by atoms with Crippen LogP contribution in [0.15, 0.2) is 24.3 Å². The fraction of sp³-hybridized carbons (Fsp3) is 0.333. The Balaban J connectivity index is 1.80. The Kier molecular flexibility index (Phi) is 6.95. The molecule has 2 aromatic rings. The molecular formula is C15H17ClN4O3S. The predicted molar refractivity (Wildman–Crippen MR) is 92.9 cm³/mol. The summed E-state index contributed by atoms with van der Waals surface area (Å²) in [5.74, 6) is 0.505. The van der Waals surface area contributed by atoms with E-state index in [1.807, 2.05) is 0 Å². The quantitative estimate of drug-likeness (QED) is 0.696. The zero-order valence-corrected chi connectivity index (χ0v) is 14.6. The molecule has 2 N–H and O–H groups in total. The van der Waals surface area contributed by atoms with Gasteiger partial charge in [0.25, 0.3) is 5.91 Å². The Hall–Kier alpha value is -2.19. The van der Waals surface area contributed by atoms with Crippen LogP contribution >= 0.6 is 22.9 Å². The number of hydrogen-bond donors (Lipinski definition) is 2. The van der Waals surface area contributed by atoms with Gasteiger partial charge in [0.05, 0.1) is 7.11 Å². The largest absolute Gasteiger partial charge is 0.497 e. The summed E-state index contributed by atoms with van der Waals surface area (Å²) in [5.41, 5.74) is 0.528. The van der Waals surface area contributed by atoms with Gasteiger partial charge in [-0.25, -0.2) is 0 Å². The molecule has 24 heavy (non-hydrogen) atoms. The van der Waals surface area contributed by atoms with Gasteiger partial charge in [-0.15, -0.1) is 21.8 Å². The number of hydrogen-bond acceptors (Lipinski definition) is 6. The van der Waals surface area contributed by atoms with E-state index in [1.54, 1.807) is 31.4 Å². The second-order valence-electron chi connectivity index (χ2n) is 4.73. The first-order valence-corrected chi connectivity index (χ1v) is 8.58. The van der Waals surface area contributed by atoms with Crippen LogP contribution in [0.5, 0.6) is 5.75 Å². The second-order valence-corrected chi connectivity index (χ2v) is 6.17. The number of aromatic nitrogens is 2. The number of alkyl halides is 1. The lowest BCUT2D eigenvalue weighted by Crippen LogP contribution is -2.25. The lowest BCUT2D eigenvalue weighted by Gasteiger charge is -2.05. The molecule has 2 amide bonds. The predicted octanol–water partition coefficient (Wildman–Crippen LogP) is 2.09. The highest BCUT2D eigenvalue weighted by Gasteiger charge is 2.09. The summed E-state index contributed by atoms with van der Waals surface area (Å²) < 4.78 is 5.09. The van der Waals surface area contributed by atoms with Gasteiger partial charge in [0.1, 0.15) is 10.8 Å². The van der Waals surface area contributed by atoms with Crippen molar-refractivity contribution in [3.63, 3.8) is 0 Å². The molecule has 7 nitrogen and oxygen atoms in total. The number of carbonyl (C=O) groups excluding carboxylic acids is 2. The number of rotatable bonds is 8. The monoisotopic (exact) mass is 368 g/mol. The highest BCUT2D eigenvalue weighted by molar-refractivity contribution is 7.15. The third-order valence-electron chi connectivity index (χ3n) is 2.99. The molecule has 1 aromatic carbocycles. The van der Waals surface area contributed by atoms with Crippen molar-refractivity contribution in [2.24, 2.45) is 0 Å². The number of nitrogens with zero attached hydrogens (tertiary/aromatic N) is 2. The van der Waals surface area contributed by atoms with Crippen LogP contribution in [-0.4, -0.2) is 41.5 Å². The lowest BCUT2D eigenvalue weighted by atomic mass is 10.2. The van der Waals surface area contributed by atoms with E-state index in [0.717, 1.165) is 5.01 Å². The van der Waals surface area contributed by atoms with Gasteiger partial charge in [-0.2, -0.15) is 0 Å². The minimum atomic E-state index is -0.195. The Morgan fingerprint density at radius 2 is 2.17 bits per heavy atom. The van der Waals surface area contributed by atoms with Crippen LogP contribution in [-0.2, 0) is 11.2 Å². The molecule has 0 fully saturated rings. The van der Waals surface area contributed by atoms with Gasteiger partial charge < -0.3 is 15.4 Å². The summed E-state index contributed by atoms with van der Waals surface area (Å²) in [4.78, 5) is 23.5. The summed E-state index contributed by atoms with van der Waals surface area (Å²) in [6.45, 7) is 0.417. The first-order valence-electron chi connectivity index (χ1n) is 7.23. The average molecular weight is 369 g/mol. The number of carbonyl (C=O) groups is 2. The van der Waals surface area contributed by atoms with E-state index in [0.29, 0.717) is 29.4 Å². The van der Waals surface area contributed by atoms with E-state index in [2.05, 4.69) is 20.8 Å². The Bertz CT molecular complexity index is 708. The Labute approximate surface area is 148 Å². The van der Waals surface area contributed by atoms with Gasteiger partial charge in [-0.05, 0) is 18.2 Å². The molecule has 1 heterocycles. The summed E-state index contributed by atoms with van der Waals surface area (Å²) in [6.07, 6.45) is 0.756. The maximum atomic E-state index is 12.1. The number of anilines is 1. The van der Waals surface area contributed by atoms with Gasteiger partial charge in [0.15, 0.2) is 0 Å². The SMILES string of the molecule is COc1cccc(C(=O)NCCc2nnc(NC(=O)CCCl)s2)c1. The minimum Gasteiger partial charge on any atom is -0.497 e. The Morgan fingerprint density at radius 1 is 1.33 bits per heavy atom.